The highest BCUT2D eigenvalue weighted by atomic mass is 28.4. The van der Waals surface area contributed by atoms with Crippen LogP contribution < -0.4 is 24.4 Å². The van der Waals surface area contributed by atoms with Crippen molar-refractivity contribution in [3.05, 3.63) is 30.4 Å². The summed E-state index contributed by atoms with van der Waals surface area (Å²) in [4.78, 5) is 17.4. The fraction of sp³-hybridized carbons (Fsp3) is 0.611. The smallest absolute Gasteiger partial charge is 0.232 e. The molecule has 1 atom stereocenters. The van der Waals surface area contributed by atoms with Gasteiger partial charge in [0.2, 0.25) is 11.7 Å². The van der Waals surface area contributed by atoms with E-state index >= 15 is 0 Å². The molecule has 6 rings (SSSR count). The van der Waals surface area contributed by atoms with E-state index in [1.165, 1.54) is 32.1 Å². The first-order valence-electron chi connectivity index (χ1n) is 17.7. The van der Waals surface area contributed by atoms with E-state index < -0.39 is 8.32 Å². The molecule has 2 aliphatic rings. The molecular weight excluding hydrogens is 637 g/mol. The number of ether oxygens (including phenoxy) is 3. The van der Waals surface area contributed by atoms with Crippen LogP contribution >= 0.6 is 0 Å². The van der Waals surface area contributed by atoms with Crippen LogP contribution in [0.1, 0.15) is 71.4 Å². The number of nitrogens with zero attached hydrogens (tertiary/aromatic N) is 7. The number of benzene rings is 1. The standard InChI is InChI=1S/C36H54N8O4Si/c1-24-31-33(43-17-13-16-26(43)22-48-49(8,9)36(2,3)4)39-35(40-34(31)44(41-24)20-25-14-11-10-12-15-25)38-30-21-42(23-37-30)27-18-28(45-5)32(47-7)29(19-27)46-6/h18-19,21,23,25-26H,10-17,20,22H2,1-9H3,(H,38,39,40). The Kier molecular flexibility index (Phi) is 10.1. The maximum absolute atomic E-state index is 6.77. The zero-order valence-electron chi connectivity index (χ0n) is 30.8. The molecule has 0 spiro atoms. The number of fused-ring (bicyclic) bond motifs is 1. The van der Waals surface area contributed by atoms with E-state index in [1.807, 2.05) is 22.9 Å². The molecule has 266 valence electrons. The van der Waals surface area contributed by atoms with Crippen molar-refractivity contribution >= 4 is 36.9 Å². The number of methoxy groups -OCH3 is 3. The summed E-state index contributed by atoms with van der Waals surface area (Å²) in [5.74, 6) is 4.32. The van der Waals surface area contributed by atoms with Gasteiger partial charge in [0.1, 0.15) is 12.1 Å². The van der Waals surface area contributed by atoms with Crippen LogP contribution in [0.2, 0.25) is 18.1 Å². The van der Waals surface area contributed by atoms with Crippen LogP contribution in [-0.2, 0) is 11.0 Å². The van der Waals surface area contributed by atoms with Crippen LogP contribution in [0.4, 0.5) is 17.6 Å². The number of rotatable bonds is 12. The fourth-order valence-corrected chi connectivity index (χ4v) is 7.94. The summed E-state index contributed by atoms with van der Waals surface area (Å²) < 4.78 is 27.5. The molecule has 12 nitrogen and oxygen atoms in total. The van der Waals surface area contributed by atoms with Crippen LogP contribution in [0.25, 0.3) is 16.7 Å². The van der Waals surface area contributed by atoms with E-state index in [9.17, 15) is 0 Å². The molecule has 0 radical (unpaired) electrons. The molecule has 1 aliphatic carbocycles. The van der Waals surface area contributed by atoms with Gasteiger partial charge in [0.25, 0.3) is 0 Å². The maximum Gasteiger partial charge on any atom is 0.232 e. The van der Waals surface area contributed by atoms with Crippen molar-refractivity contribution in [3.8, 4) is 22.9 Å². The quantitative estimate of drug-likeness (QED) is 0.149. The first-order valence-corrected chi connectivity index (χ1v) is 20.6. The van der Waals surface area contributed by atoms with Crippen LogP contribution in [0.15, 0.2) is 24.7 Å². The molecule has 1 aliphatic heterocycles. The second kappa shape index (κ2) is 14.2. The SMILES string of the molecule is COc1cc(-n2cnc(Nc3nc(N4CCCC4CO[Si](C)(C)C(C)(C)C)c4c(C)nn(CC5CCCCC5)c4n3)c2)cc(OC)c1OC. The van der Waals surface area contributed by atoms with Gasteiger partial charge in [-0.3, -0.25) is 0 Å². The van der Waals surface area contributed by atoms with E-state index in [-0.39, 0.29) is 11.1 Å². The van der Waals surface area contributed by atoms with E-state index in [1.54, 1.807) is 27.7 Å². The number of nitrogens with one attached hydrogen (secondary N) is 1. The monoisotopic (exact) mass is 690 g/mol. The van der Waals surface area contributed by atoms with Crippen molar-refractivity contribution in [2.45, 2.75) is 103 Å². The first-order chi connectivity index (χ1) is 23.4. The molecule has 1 saturated heterocycles. The second-order valence-corrected chi connectivity index (χ2v) is 19.9. The van der Waals surface area contributed by atoms with Gasteiger partial charge in [0.15, 0.2) is 31.3 Å². The number of aryl methyl sites for hydroxylation is 1. The Labute approximate surface area is 291 Å². The molecule has 3 aromatic heterocycles. The highest BCUT2D eigenvalue weighted by Crippen LogP contribution is 2.41. The lowest BCUT2D eigenvalue weighted by Gasteiger charge is -2.38. The molecule has 13 heteroatoms. The van der Waals surface area contributed by atoms with Crippen LogP contribution in [0.5, 0.6) is 17.2 Å². The van der Waals surface area contributed by atoms with Gasteiger partial charge in [-0.05, 0) is 56.7 Å². The summed E-state index contributed by atoms with van der Waals surface area (Å²) in [5, 5.41) is 9.69. The van der Waals surface area contributed by atoms with Crippen molar-refractivity contribution < 1.29 is 18.6 Å². The molecule has 1 unspecified atom stereocenters. The van der Waals surface area contributed by atoms with Crippen molar-refractivity contribution in [1.82, 2.24) is 29.3 Å². The number of hydrogen-bond acceptors (Lipinski definition) is 10. The molecule has 49 heavy (non-hydrogen) atoms. The lowest BCUT2D eigenvalue weighted by Crippen LogP contribution is -2.45. The second-order valence-electron chi connectivity index (χ2n) is 15.1. The van der Waals surface area contributed by atoms with Gasteiger partial charge < -0.3 is 33.4 Å². The van der Waals surface area contributed by atoms with E-state index in [0.29, 0.717) is 41.5 Å². The molecular formula is C36H54N8O4Si. The Morgan fingerprint density at radius 1 is 0.939 bits per heavy atom. The number of hydrogen-bond donors (Lipinski definition) is 1. The van der Waals surface area contributed by atoms with Gasteiger partial charge >= 0.3 is 0 Å². The molecule has 1 saturated carbocycles. The molecule has 1 aromatic carbocycles. The number of anilines is 3. The molecule has 4 heterocycles. The van der Waals surface area contributed by atoms with Crippen molar-refractivity contribution in [1.29, 1.82) is 0 Å². The average Bonchev–Trinajstić information content (AvgIpc) is 3.82. The van der Waals surface area contributed by atoms with E-state index in [0.717, 1.165) is 54.2 Å². The third-order valence-corrected chi connectivity index (χ3v) is 15.3. The lowest BCUT2D eigenvalue weighted by atomic mass is 9.89. The molecule has 0 bridgehead atoms. The Morgan fingerprint density at radius 2 is 1.65 bits per heavy atom. The topological polar surface area (TPSA) is 114 Å². The largest absolute Gasteiger partial charge is 0.493 e. The first kappa shape index (κ1) is 35.0. The average molecular weight is 691 g/mol. The summed E-state index contributed by atoms with van der Waals surface area (Å²) in [6.07, 6.45) is 12.2. The van der Waals surface area contributed by atoms with E-state index in [4.69, 9.17) is 33.7 Å². The number of aromatic nitrogens is 6. The highest BCUT2D eigenvalue weighted by molar-refractivity contribution is 6.74. The van der Waals surface area contributed by atoms with Gasteiger partial charge in [0.05, 0.1) is 56.9 Å². The minimum atomic E-state index is -1.92. The summed E-state index contributed by atoms with van der Waals surface area (Å²) in [7, 11) is 2.90. The van der Waals surface area contributed by atoms with Crippen molar-refractivity contribution in [3.63, 3.8) is 0 Å². The maximum atomic E-state index is 6.77. The number of imidazole rings is 1. The Morgan fingerprint density at radius 3 is 2.31 bits per heavy atom. The third kappa shape index (κ3) is 7.23. The summed E-state index contributed by atoms with van der Waals surface area (Å²) >= 11 is 0. The van der Waals surface area contributed by atoms with Gasteiger partial charge in [-0.15, -0.1) is 0 Å². The predicted molar refractivity (Wildman–Crippen MR) is 197 cm³/mol. The summed E-state index contributed by atoms with van der Waals surface area (Å²) in [6.45, 7) is 16.1. The van der Waals surface area contributed by atoms with Gasteiger partial charge in [0, 0.05) is 25.2 Å². The third-order valence-electron chi connectivity index (χ3n) is 10.8. The summed E-state index contributed by atoms with van der Waals surface area (Å²) in [5.41, 5.74) is 2.65. The molecule has 0 amide bonds. The van der Waals surface area contributed by atoms with Crippen LogP contribution in [-0.4, -0.2) is 78.1 Å². The van der Waals surface area contributed by atoms with E-state index in [2.05, 4.69) is 60.7 Å². The highest BCUT2D eigenvalue weighted by Gasteiger charge is 2.39. The minimum Gasteiger partial charge on any atom is -0.493 e. The zero-order chi connectivity index (χ0) is 34.9. The van der Waals surface area contributed by atoms with Crippen LogP contribution in [0.3, 0.4) is 0 Å². The Balaban J connectivity index is 1.36. The normalized spacial score (nSPS) is 17.6. The Hall–Kier alpha value is -3.84. The van der Waals surface area contributed by atoms with Gasteiger partial charge in [-0.25, -0.2) is 9.67 Å². The molecule has 1 N–H and O–H groups in total. The molecule has 2 fully saturated rings. The van der Waals surface area contributed by atoms with Crippen molar-refractivity contribution in [2.24, 2.45) is 5.92 Å². The van der Waals surface area contributed by atoms with Gasteiger partial charge in [-0.2, -0.15) is 15.1 Å². The predicted octanol–water partition coefficient (Wildman–Crippen LogP) is 7.66. The fourth-order valence-electron chi connectivity index (χ4n) is 6.90. The summed E-state index contributed by atoms with van der Waals surface area (Å²) in [6, 6.07) is 4.01. The minimum absolute atomic E-state index is 0.151. The van der Waals surface area contributed by atoms with Crippen molar-refractivity contribution in [2.75, 3.05) is 44.7 Å². The van der Waals surface area contributed by atoms with Gasteiger partial charge in [-0.1, -0.05) is 40.0 Å². The molecule has 4 aromatic rings. The lowest BCUT2D eigenvalue weighted by molar-refractivity contribution is 0.263. The zero-order valence-corrected chi connectivity index (χ0v) is 31.8. The Bertz CT molecular complexity index is 1730. The van der Waals surface area contributed by atoms with Crippen LogP contribution in [0, 0.1) is 12.8 Å².